The van der Waals surface area contributed by atoms with Crippen LogP contribution in [0.4, 0.5) is 0 Å². The van der Waals surface area contributed by atoms with Crippen LogP contribution in [0.5, 0.6) is 0 Å². The molecule has 0 unspecified atom stereocenters. The fourth-order valence-corrected chi connectivity index (χ4v) is 2.12. The van der Waals surface area contributed by atoms with E-state index in [-0.39, 0.29) is 12.3 Å². The number of hydrogen-bond acceptors (Lipinski definition) is 3. The smallest absolute Gasteiger partial charge is 0.305 e. The summed E-state index contributed by atoms with van der Waals surface area (Å²) in [5.41, 5.74) is 0. The molecule has 0 radical (unpaired) electrons. The van der Waals surface area contributed by atoms with Crippen LogP contribution in [-0.4, -0.2) is 46.1 Å². The maximum Gasteiger partial charge on any atom is 0.305 e. The van der Waals surface area contributed by atoms with Gasteiger partial charge in [0.2, 0.25) is 5.91 Å². The van der Waals surface area contributed by atoms with Crippen LogP contribution in [0.25, 0.3) is 0 Å². The lowest BCUT2D eigenvalue weighted by Gasteiger charge is -2.39. The monoisotopic (exact) mass is 212 g/mol. The highest BCUT2D eigenvalue weighted by Gasteiger charge is 2.36. The summed E-state index contributed by atoms with van der Waals surface area (Å²) in [5, 5.41) is 12.3. The van der Waals surface area contributed by atoms with Crippen LogP contribution >= 0.6 is 0 Å². The van der Waals surface area contributed by atoms with Crippen molar-refractivity contribution in [3.63, 3.8) is 0 Å². The summed E-state index contributed by atoms with van der Waals surface area (Å²) in [6.45, 7) is 1.09. The zero-order valence-electron chi connectivity index (χ0n) is 8.69. The van der Waals surface area contributed by atoms with E-state index >= 15 is 0 Å². The highest BCUT2D eigenvalue weighted by Crippen LogP contribution is 2.29. The van der Waals surface area contributed by atoms with Gasteiger partial charge in [-0.05, 0) is 12.8 Å². The molecule has 1 amide bonds. The number of rotatable bonds is 4. The summed E-state index contributed by atoms with van der Waals surface area (Å²) in [5.74, 6) is -0.772. The van der Waals surface area contributed by atoms with Gasteiger partial charge in [0.25, 0.3) is 0 Å². The van der Waals surface area contributed by atoms with Gasteiger partial charge in [0.1, 0.15) is 0 Å². The predicted molar refractivity (Wildman–Crippen MR) is 52.9 cm³/mol. The van der Waals surface area contributed by atoms with Crippen molar-refractivity contribution in [2.75, 3.05) is 13.1 Å². The van der Waals surface area contributed by atoms with Crippen molar-refractivity contribution in [2.24, 2.45) is 0 Å². The van der Waals surface area contributed by atoms with Crippen molar-refractivity contribution in [3.05, 3.63) is 0 Å². The largest absolute Gasteiger partial charge is 0.481 e. The number of nitrogens with zero attached hydrogens (tertiary/aromatic N) is 2. The van der Waals surface area contributed by atoms with Crippen LogP contribution in [0.2, 0.25) is 0 Å². The molecule has 84 valence electrons. The van der Waals surface area contributed by atoms with Crippen LogP contribution in [0.3, 0.4) is 0 Å². The van der Waals surface area contributed by atoms with Crippen molar-refractivity contribution >= 4 is 11.9 Å². The van der Waals surface area contributed by atoms with Crippen LogP contribution in [-0.2, 0) is 9.59 Å². The number of carbonyl (C=O) groups is 2. The SMILES string of the molecule is O=C(O)CCN1C(=O)CCN1C1CCC1. The lowest BCUT2D eigenvalue weighted by atomic mass is 9.92. The second-order valence-corrected chi connectivity index (χ2v) is 4.16. The summed E-state index contributed by atoms with van der Waals surface area (Å²) < 4.78 is 0. The lowest BCUT2D eigenvalue weighted by Crippen LogP contribution is -2.49. The zero-order valence-corrected chi connectivity index (χ0v) is 8.69. The molecule has 1 saturated carbocycles. The van der Waals surface area contributed by atoms with Gasteiger partial charge in [-0.25, -0.2) is 5.01 Å². The maximum atomic E-state index is 11.5. The van der Waals surface area contributed by atoms with Gasteiger partial charge in [-0.1, -0.05) is 6.42 Å². The van der Waals surface area contributed by atoms with Gasteiger partial charge >= 0.3 is 5.97 Å². The molecule has 5 nitrogen and oxygen atoms in total. The summed E-state index contributed by atoms with van der Waals surface area (Å²) >= 11 is 0. The first-order chi connectivity index (χ1) is 7.18. The number of carboxylic acids is 1. The Morgan fingerprint density at radius 2 is 2.20 bits per heavy atom. The zero-order chi connectivity index (χ0) is 10.8. The first-order valence-corrected chi connectivity index (χ1v) is 5.47. The highest BCUT2D eigenvalue weighted by molar-refractivity contribution is 5.78. The minimum absolute atomic E-state index is 0.0367. The Hall–Kier alpha value is -1.10. The van der Waals surface area contributed by atoms with Gasteiger partial charge in [0.05, 0.1) is 6.42 Å². The molecular formula is C10H16N2O3. The molecule has 0 aromatic heterocycles. The molecule has 1 N–H and O–H groups in total. The van der Waals surface area contributed by atoms with Gasteiger partial charge in [-0.3, -0.25) is 14.6 Å². The normalized spacial score (nSPS) is 23.2. The Morgan fingerprint density at radius 3 is 2.73 bits per heavy atom. The molecule has 2 aliphatic rings. The van der Waals surface area contributed by atoms with Crippen LogP contribution < -0.4 is 0 Å². The van der Waals surface area contributed by atoms with Crippen molar-refractivity contribution < 1.29 is 14.7 Å². The van der Waals surface area contributed by atoms with Crippen LogP contribution in [0.15, 0.2) is 0 Å². The average molecular weight is 212 g/mol. The molecule has 1 heterocycles. The number of hydrogen-bond donors (Lipinski definition) is 1. The fourth-order valence-electron chi connectivity index (χ4n) is 2.12. The first kappa shape index (κ1) is 10.4. The molecule has 0 bridgehead atoms. The Morgan fingerprint density at radius 1 is 1.47 bits per heavy atom. The molecule has 0 aromatic carbocycles. The van der Waals surface area contributed by atoms with Crippen molar-refractivity contribution in [2.45, 2.75) is 38.1 Å². The van der Waals surface area contributed by atoms with Gasteiger partial charge in [-0.15, -0.1) is 0 Å². The van der Waals surface area contributed by atoms with E-state index in [0.717, 1.165) is 19.4 Å². The molecule has 5 heteroatoms. The average Bonchev–Trinajstić information content (AvgIpc) is 2.42. The molecule has 1 saturated heterocycles. The van der Waals surface area contributed by atoms with Gasteiger partial charge in [0, 0.05) is 25.6 Å². The molecule has 0 atom stereocenters. The standard InChI is InChI=1S/C10H16N2O3/c13-9-4-6-11(8-2-1-3-8)12(9)7-5-10(14)15/h8H,1-7H2,(H,14,15). The van der Waals surface area contributed by atoms with Gasteiger partial charge in [0.15, 0.2) is 0 Å². The Balaban J connectivity index is 1.92. The van der Waals surface area contributed by atoms with E-state index in [2.05, 4.69) is 5.01 Å². The first-order valence-electron chi connectivity index (χ1n) is 5.47. The van der Waals surface area contributed by atoms with Crippen LogP contribution in [0.1, 0.15) is 32.1 Å². The summed E-state index contributed by atoms with van der Waals surface area (Å²) in [7, 11) is 0. The van der Waals surface area contributed by atoms with E-state index in [4.69, 9.17) is 5.11 Å². The Labute approximate surface area is 88.6 Å². The molecule has 0 spiro atoms. The third kappa shape index (κ3) is 2.12. The molecule has 1 aliphatic carbocycles. The third-order valence-electron chi connectivity index (χ3n) is 3.19. The summed E-state index contributed by atoms with van der Waals surface area (Å²) in [6.07, 6.45) is 4.07. The topological polar surface area (TPSA) is 60.9 Å². The van der Waals surface area contributed by atoms with Crippen molar-refractivity contribution in [1.29, 1.82) is 0 Å². The van der Waals surface area contributed by atoms with Gasteiger partial charge in [-0.2, -0.15) is 0 Å². The molecule has 0 aromatic rings. The molecule has 1 aliphatic heterocycles. The predicted octanol–water partition coefficient (Wildman–Crippen LogP) is 0.463. The maximum absolute atomic E-state index is 11.5. The lowest BCUT2D eigenvalue weighted by molar-refractivity contribution is -0.146. The number of hydrazine groups is 1. The molecule has 2 rings (SSSR count). The number of carbonyl (C=O) groups excluding carboxylic acids is 1. The van der Waals surface area contributed by atoms with E-state index in [0.29, 0.717) is 19.0 Å². The molecule has 15 heavy (non-hydrogen) atoms. The van der Waals surface area contributed by atoms with E-state index in [9.17, 15) is 9.59 Å². The third-order valence-corrected chi connectivity index (χ3v) is 3.19. The van der Waals surface area contributed by atoms with Crippen molar-refractivity contribution in [3.8, 4) is 0 Å². The molecular weight excluding hydrogens is 196 g/mol. The van der Waals surface area contributed by atoms with E-state index in [1.165, 1.54) is 6.42 Å². The second kappa shape index (κ2) is 4.18. The number of amides is 1. The number of aliphatic carboxylic acids is 1. The number of carboxylic acid groups (broad SMARTS) is 1. The van der Waals surface area contributed by atoms with E-state index in [1.807, 2.05) is 0 Å². The van der Waals surface area contributed by atoms with E-state index < -0.39 is 5.97 Å². The Bertz CT molecular complexity index is 276. The fraction of sp³-hybridized carbons (Fsp3) is 0.800. The molecule has 2 fully saturated rings. The van der Waals surface area contributed by atoms with Crippen LogP contribution in [0, 0.1) is 0 Å². The highest BCUT2D eigenvalue weighted by atomic mass is 16.4. The quantitative estimate of drug-likeness (QED) is 0.735. The Kier molecular flexibility index (Phi) is 2.90. The summed E-state index contributed by atoms with van der Waals surface area (Å²) in [6, 6.07) is 0.477. The van der Waals surface area contributed by atoms with E-state index in [1.54, 1.807) is 5.01 Å². The minimum Gasteiger partial charge on any atom is -0.481 e. The summed E-state index contributed by atoms with van der Waals surface area (Å²) in [4.78, 5) is 22.0. The van der Waals surface area contributed by atoms with Gasteiger partial charge < -0.3 is 5.11 Å². The second-order valence-electron chi connectivity index (χ2n) is 4.16. The minimum atomic E-state index is -0.844. The van der Waals surface area contributed by atoms with Crippen molar-refractivity contribution in [1.82, 2.24) is 10.0 Å².